The Morgan fingerprint density at radius 3 is 2.47 bits per heavy atom. The summed E-state index contributed by atoms with van der Waals surface area (Å²) in [4.78, 5) is 0. The monoisotopic (exact) mass is 283 g/mol. The second-order valence-electron chi connectivity index (χ2n) is 4.51. The predicted octanol–water partition coefficient (Wildman–Crippen LogP) is 1.69. The zero-order chi connectivity index (χ0) is 12.7. The minimum Gasteiger partial charge on any atom is -0.384 e. The fourth-order valence-electron chi connectivity index (χ4n) is 2.10. The highest BCUT2D eigenvalue weighted by atomic mass is 35.5. The van der Waals surface area contributed by atoms with Crippen molar-refractivity contribution in [3.8, 4) is 0 Å². The van der Waals surface area contributed by atoms with Crippen LogP contribution in [0.25, 0.3) is 0 Å². The zero-order valence-electron chi connectivity index (χ0n) is 10.4. The van der Waals surface area contributed by atoms with Crippen LogP contribution >= 0.6 is 11.6 Å². The molecule has 1 aliphatic heterocycles. The lowest BCUT2D eigenvalue weighted by atomic mass is 9.99. The van der Waals surface area contributed by atoms with Gasteiger partial charge in [-0.25, -0.2) is 12.7 Å². The molecular weight excluding hydrogens is 262 g/mol. The third kappa shape index (κ3) is 5.12. The molecule has 0 unspecified atom stereocenters. The molecule has 0 aromatic heterocycles. The van der Waals surface area contributed by atoms with E-state index >= 15 is 0 Å². The van der Waals surface area contributed by atoms with E-state index in [9.17, 15) is 8.42 Å². The van der Waals surface area contributed by atoms with E-state index in [-0.39, 0.29) is 5.75 Å². The predicted molar refractivity (Wildman–Crippen MR) is 69.9 cm³/mol. The standard InChI is InChI=1S/C11H22ClNO3S/c1-16-10-11-4-7-13(8-5-11)17(14,15)9-3-2-6-12/h11H,2-10H2,1H3. The van der Waals surface area contributed by atoms with Crippen LogP contribution in [0, 0.1) is 5.92 Å². The molecule has 1 aliphatic rings. The highest BCUT2D eigenvalue weighted by molar-refractivity contribution is 7.89. The number of hydrogen-bond acceptors (Lipinski definition) is 3. The van der Waals surface area contributed by atoms with Crippen LogP contribution in [0.3, 0.4) is 0 Å². The second kappa shape index (κ2) is 7.56. The summed E-state index contributed by atoms with van der Waals surface area (Å²) in [7, 11) is -1.37. The van der Waals surface area contributed by atoms with Gasteiger partial charge in [-0.3, -0.25) is 0 Å². The number of hydrogen-bond donors (Lipinski definition) is 0. The van der Waals surface area contributed by atoms with Gasteiger partial charge in [-0.05, 0) is 31.6 Å². The van der Waals surface area contributed by atoms with Crippen molar-refractivity contribution < 1.29 is 13.2 Å². The van der Waals surface area contributed by atoms with Crippen molar-refractivity contribution in [1.82, 2.24) is 4.31 Å². The lowest BCUT2D eigenvalue weighted by molar-refractivity contribution is 0.121. The molecule has 0 aromatic rings. The zero-order valence-corrected chi connectivity index (χ0v) is 12.0. The van der Waals surface area contributed by atoms with E-state index < -0.39 is 10.0 Å². The van der Waals surface area contributed by atoms with Gasteiger partial charge < -0.3 is 4.74 Å². The third-order valence-electron chi connectivity index (χ3n) is 3.16. The lowest BCUT2D eigenvalue weighted by Crippen LogP contribution is -2.40. The van der Waals surface area contributed by atoms with Crippen LogP contribution in [0.5, 0.6) is 0 Å². The van der Waals surface area contributed by atoms with Crippen molar-refractivity contribution in [3.05, 3.63) is 0 Å². The molecule has 0 amide bonds. The second-order valence-corrected chi connectivity index (χ2v) is 6.98. The van der Waals surface area contributed by atoms with Gasteiger partial charge in [-0.2, -0.15) is 0 Å². The summed E-state index contributed by atoms with van der Waals surface area (Å²) in [5, 5.41) is 0. The SMILES string of the molecule is COCC1CCN(S(=O)(=O)CCCCCl)CC1. The molecule has 102 valence electrons. The number of halogens is 1. The van der Waals surface area contributed by atoms with E-state index in [0.29, 0.717) is 31.3 Å². The molecule has 0 radical (unpaired) electrons. The Morgan fingerprint density at radius 1 is 1.29 bits per heavy atom. The van der Waals surface area contributed by atoms with Gasteiger partial charge in [0.2, 0.25) is 10.0 Å². The van der Waals surface area contributed by atoms with Gasteiger partial charge >= 0.3 is 0 Å². The number of sulfonamides is 1. The molecule has 0 saturated carbocycles. The van der Waals surface area contributed by atoms with Crippen molar-refractivity contribution in [3.63, 3.8) is 0 Å². The van der Waals surface area contributed by atoms with Crippen LogP contribution in [0.15, 0.2) is 0 Å². The minimum absolute atomic E-state index is 0.231. The maximum Gasteiger partial charge on any atom is 0.214 e. The number of unbranched alkanes of at least 4 members (excludes halogenated alkanes) is 1. The Morgan fingerprint density at radius 2 is 1.94 bits per heavy atom. The van der Waals surface area contributed by atoms with Crippen molar-refractivity contribution in [2.24, 2.45) is 5.92 Å². The number of methoxy groups -OCH3 is 1. The van der Waals surface area contributed by atoms with Gasteiger partial charge in [0, 0.05) is 32.7 Å². The number of ether oxygens (including phenoxy) is 1. The molecule has 1 rings (SSSR count). The van der Waals surface area contributed by atoms with Gasteiger partial charge in [-0.1, -0.05) is 0 Å². The Kier molecular flexibility index (Phi) is 6.77. The molecule has 0 aliphatic carbocycles. The summed E-state index contributed by atoms with van der Waals surface area (Å²) >= 11 is 5.55. The molecule has 0 bridgehead atoms. The molecule has 17 heavy (non-hydrogen) atoms. The van der Waals surface area contributed by atoms with Gasteiger partial charge in [0.1, 0.15) is 0 Å². The van der Waals surface area contributed by atoms with Crippen molar-refractivity contribution >= 4 is 21.6 Å². The van der Waals surface area contributed by atoms with Crippen LogP contribution in [-0.4, -0.2) is 51.2 Å². The van der Waals surface area contributed by atoms with E-state index in [1.165, 1.54) is 0 Å². The highest BCUT2D eigenvalue weighted by Crippen LogP contribution is 2.20. The van der Waals surface area contributed by atoms with Crippen molar-refractivity contribution in [2.45, 2.75) is 25.7 Å². The molecule has 0 aromatic carbocycles. The number of alkyl halides is 1. The molecule has 1 saturated heterocycles. The van der Waals surface area contributed by atoms with E-state index in [4.69, 9.17) is 16.3 Å². The fraction of sp³-hybridized carbons (Fsp3) is 1.00. The molecule has 0 spiro atoms. The van der Waals surface area contributed by atoms with Gasteiger partial charge in [-0.15, -0.1) is 11.6 Å². The quantitative estimate of drug-likeness (QED) is 0.528. The van der Waals surface area contributed by atoms with Crippen molar-refractivity contribution in [1.29, 1.82) is 0 Å². The maximum absolute atomic E-state index is 12.0. The van der Waals surface area contributed by atoms with E-state index in [0.717, 1.165) is 25.9 Å². The normalized spacial score (nSPS) is 19.6. The minimum atomic E-state index is -3.06. The molecule has 0 N–H and O–H groups in total. The van der Waals surface area contributed by atoms with Crippen LogP contribution in [0.2, 0.25) is 0 Å². The topological polar surface area (TPSA) is 46.6 Å². The molecule has 6 heteroatoms. The largest absolute Gasteiger partial charge is 0.384 e. The Bertz CT molecular complexity index is 300. The Balaban J connectivity index is 2.36. The maximum atomic E-state index is 12.0. The fourth-order valence-corrected chi connectivity index (χ4v) is 3.88. The molecule has 1 fully saturated rings. The van der Waals surface area contributed by atoms with Gasteiger partial charge in [0.25, 0.3) is 0 Å². The molecular formula is C11H22ClNO3S. The first kappa shape index (κ1) is 15.2. The summed E-state index contributed by atoms with van der Waals surface area (Å²) < 4.78 is 30.7. The average molecular weight is 284 g/mol. The van der Waals surface area contributed by atoms with Gasteiger partial charge in [0.15, 0.2) is 0 Å². The first-order valence-corrected chi connectivity index (χ1v) is 8.27. The smallest absolute Gasteiger partial charge is 0.214 e. The molecule has 1 heterocycles. The summed E-state index contributed by atoms with van der Waals surface area (Å²) in [5.41, 5.74) is 0. The lowest BCUT2D eigenvalue weighted by Gasteiger charge is -2.30. The summed E-state index contributed by atoms with van der Waals surface area (Å²) in [5.74, 6) is 1.27. The first-order chi connectivity index (χ1) is 8.10. The summed E-state index contributed by atoms with van der Waals surface area (Å²) in [6.07, 6.45) is 3.23. The molecule has 4 nitrogen and oxygen atoms in total. The summed E-state index contributed by atoms with van der Waals surface area (Å²) in [6.45, 7) is 2.01. The number of rotatable bonds is 7. The van der Waals surface area contributed by atoms with Crippen LogP contribution in [-0.2, 0) is 14.8 Å². The summed E-state index contributed by atoms with van der Waals surface area (Å²) in [6, 6.07) is 0. The Hall–Kier alpha value is 0.160. The molecule has 0 atom stereocenters. The average Bonchev–Trinajstić information content (AvgIpc) is 2.30. The van der Waals surface area contributed by atoms with Crippen molar-refractivity contribution in [2.75, 3.05) is 38.4 Å². The third-order valence-corrected chi connectivity index (χ3v) is 5.38. The number of nitrogens with zero attached hydrogens (tertiary/aromatic N) is 1. The first-order valence-electron chi connectivity index (χ1n) is 6.13. The Labute approximate surface area is 109 Å². The highest BCUT2D eigenvalue weighted by Gasteiger charge is 2.27. The van der Waals surface area contributed by atoms with Crippen LogP contribution in [0.1, 0.15) is 25.7 Å². The van der Waals surface area contributed by atoms with Crippen LogP contribution < -0.4 is 0 Å². The van der Waals surface area contributed by atoms with E-state index in [2.05, 4.69) is 0 Å². The van der Waals surface area contributed by atoms with E-state index in [1.54, 1.807) is 11.4 Å². The van der Waals surface area contributed by atoms with Crippen LogP contribution in [0.4, 0.5) is 0 Å². The van der Waals surface area contributed by atoms with E-state index in [1.807, 2.05) is 0 Å². The van der Waals surface area contributed by atoms with Gasteiger partial charge in [0.05, 0.1) is 5.75 Å². The number of piperidine rings is 1.